The summed E-state index contributed by atoms with van der Waals surface area (Å²) in [5.41, 5.74) is 4.49. The van der Waals surface area contributed by atoms with Crippen molar-refractivity contribution in [3.63, 3.8) is 0 Å². The second kappa shape index (κ2) is 6.58. The Hall–Kier alpha value is -1.79. The predicted molar refractivity (Wildman–Crippen MR) is 75.1 cm³/mol. The van der Waals surface area contributed by atoms with Crippen LogP contribution in [-0.4, -0.2) is 46.5 Å². The van der Waals surface area contributed by atoms with Gasteiger partial charge in [-0.3, -0.25) is 9.59 Å². The molecule has 0 aliphatic rings. The van der Waals surface area contributed by atoms with Crippen molar-refractivity contribution in [1.29, 1.82) is 0 Å². The molecule has 0 aliphatic heterocycles. The molecule has 0 spiro atoms. The minimum absolute atomic E-state index is 0.00189. The van der Waals surface area contributed by atoms with Crippen molar-refractivity contribution in [3.8, 4) is 0 Å². The van der Waals surface area contributed by atoms with Crippen molar-refractivity contribution in [3.05, 3.63) is 0 Å². The summed E-state index contributed by atoms with van der Waals surface area (Å²) in [4.78, 5) is 34.6. The lowest BCUT2D eigenvalue weighted by molar-refractivity contribution is -0.137. The van der Waals surface area contributed by atoms with E-state index in [1.807, 2.05) is 34.6 Å². The molecule has 116 valence electrons. The standard InChI is InChI=1S/C13H25N3O4/c1-12(2,3)8-13(4,5)15-11(20)16(6-9(14)17)7-10(18)19/h6-8H2,1-5H3,(H2,14,17)(H,15,20)(H,18,19). The van der Waals surface area contributed by atoms with Gasteiger partial charge in [-0.25, -0.2) is 4.79 Å². The maximum absolute atomic E-state index is 12.1. The van der Waals surface area contributed by atoms with Crippen molar-refractivity contribution in [1.82, 2.24) is 10.2 Å². The Morgan fingerprint density at radius 3 is 1.95 bits per heavy atom. The first-order chi connectivity index (χ1) is 8.82. The van der Waals surface area contributed by atoms with Gasteiger partial charge in [-0.1, -0.05) is 20.8 Å². The third kappa shape index (κ3) is 8.34. The van der Waals surface area contributed by atoms with Gasteiger partial charge >= 0.3 is 12.0 Å². The zero-order chi connectivity index (χ0) is 16.1. The van der Waals surface area contributed by atoms with E-state index in [1.165, 1.54) is 0 Å². The number of carboxylic acids is 1. The molecule has 0 atom stereocenters. The fraction of sp³-hybridized carbons (Fsp3) is 0.769. The molecule has 4 N–H and O–H groups in total. The highest BCUT2D eigenvalue weighted by Gasteiger charge is 2.29. The number of carbonyl (C=O) groups excluding carboxylic acids is 2. The number of amides is 3. The summed E-state index contributed by atoms with van der Waals surface area (Å²) in [6.45, 7) is 8.82. The van der Waals surface area contributed by atoms with E-state index < -0.39 is 36.5 Å². The molecule has 7 heteroatoms. The molecule has 0 saturated heterocycles. The van der Waals surface area contributed by atoms with Crippen molar-refractivity contribution in [2.24, 2.45) is 11.1 Å². The van der Waals surface area contributed by atoms with Gasteiger partial charge in [0.05, 0.1) is 0 Å². The number of hydrogen-bond donors (Lipinski definition) is 3. The van der Waals surface area contributed by atoms with Gasteiger partial charge in [-0.05, 0) is 25.7 Å². The number of rotatable bonds is 6. The van der Waals surface area contributed by atoms with Crippen LogP contribution in [0.3, 0.4) is 0 Å². The van der Waals surface area contributed by atoms with Crippen LogP contribution in [0.4, 0.5) is 4.79 Å². The molecule has 0 rings (SSSR count). The van der Waals surface area contributed by atoms with Gasteiger partial charge in [-0.2, -0.15) is 0 Å². The van der Waals surface area contributed by atoms with Crippen molar-refractivity contribution < 1.29 is 19.5 Å². The van der Waals surface area contributed by atoms with Crippen LogP contribution in [0.1, 0.15) is 41.0 Å². The molecule has 0 saturated carbocycles. The van der Waals surface area contributed by atoms with E-state index in [4.69, 9.17) is 10.8 Å². The molecule has 7 nitrogen and oxygen atoms in total. The first-order valence-corrected chi connectivity index (χ1v) is 6.39. The van der Waals surface area contributed by atoms with E-state index in [1.54, 1.807) is 0 Å². The highest BCUT2D eigenvalue weighted by atomic mass is 16.4. The fourth-order valence-corrected chi connectivity index (χ4v) is 2.29. The number of primary amides is 1. The number of hydrogen-bond acceptors (Lipinski definition) is 3. The van der Waals surface area contributed by atoms with E-state index in [0.717, 1.165) is 4.90 Å². The molecule has 20 heavy (non-hydrogen) atoms. The van der Waals surface area contributed by atoms with Gasteiger partial charge in [-0.15, -0.1) is 0 Å². The van der Waals surface area contributed by atoms with E-state index >= 15 is 0 Å². The number of carbonyl (C=O) groups is 3. The topological polar surface area (TPSA) is 113 Å². The Labute approximate surface area is 119 Å². The molecule has 0 bridgehead atoms. The quantitative estimate of drug-likeness (QED) is 0.670. The Balaban J connectivity index is 4.81. The van der Waals surface area contributed by atoms with Gasteiger partial charge in [0.1, 0.15) is 13.1 Å². The Morgan fingerprint density at radius 1 is 1.10 bits per heavy atom. The first-order valence-electron chi connectivity index (χ1n) is 6.39. The third-order valence-electron chi connectivity index (χ3n) is 2.38. The second-order valence-electron chi connectivity index (χ2n) is 6.77. The van der Waals surface area contributed by atoms with Gasteiger partial charge in [0.25, 0.3) is 0 Å². The summed E-state index contributed by atoms with van der Waals surface area (Å²) in [6, 6.07) is -0.611. The number of carboxylic acid groups (broad SMARTS) is 1. The first kappa shape index (κ1) is 18.2. The van der Waals surface area contributed by atoms with Crippen LogP contribution in [0.25, 0.3) is 0 Å². The van der Waals surface area contributed by atoms with Crippen molar-refractivity contribution in [2.75, 3.05) is 13.1 Å². The smallest absolute Gasteiger partial charge is 0.323 e. The van der Waals surface area contributed by atoms with Gasteiger partial charge in [0.15, 0.2) is 0 Å². The molecular formula is C13H25N3O4. The lowest BCUT2D eigenvalue weighted by Crippen LogP contribution is -2.54. The maximum atomic E-state index is 12.1. The SMILES string of the molecule is CC(C)(C)CC(C)(C)NC(=O)N(CC(N)=O)CC(=O)O. The van der Waals surface area contributed by atoms with Gasteiger partial charge < -0.3 is 21.1 Å². The molecule has 0 aliphatic carbocycles. The average Bonchev–Trinajstić information content (AvgIpc) is 2.09. The minimum atomic E-state index is -1.20. The minimum Gasteiger partial charge on any atom is -0.480 e. The predicted octanol–water partition coefficient (Wildman–Crippen LogP) is 0.783. The molecule has 3 amide bonds. The Morgan fingerprint density at radius 2 is 1.60 bits per heavy atom. The second-order valence-corrected chi connectivity index (χ2v) is 6.77. The monoisotopic (exact) mass is 287 g/mol. The zero-order valence-electron chi connectivity index (χ0n) is 12.8. The Kier molecular flexibility index (Phi) is 5.99. The number of urea groups is 1. The van der Waals surface area contributed by atoms with E-state index in [-0.39, 0.29) is 5.41 Å². The molecule has 0 heterocycles. The number of nitrogens with one attached hydrogen (secondary N) is 1. The average molecular weight is 287 g/mol. The maximum Gasteiger partial charge on any atom is 0.323 e. The fourth-order valence-electron chi connectivity index (χ4n) is 2.29. The number of aliphatic carboxylic acids is 1. The van der Waals surface area contributed by atoms with Crippen LogP contribution < -0.4 is 11.1 Å². The van der Waals surface area contributed by atoms with Crippen LogP contribution in [0.15, 0.2) is 0 Å². The molecule has 0 aromatic rings. The summed E-state index contributed by atoms with van der Waals surface area (Å²) in [5.74, 6) is -1.95. The Bertz CT molecular complexity index is 370. The molecule has 0 aromatic heterocycles. The third-order valence-corrected chi connectivity index (χ3v) is 2.38. The highest BCUT2D eigenvalue weighted by molar-refractivity contribution is 5.86. The van der Waals surface area contributed by atoms with Gasteiger partial charge in [0, 0.05) is 5.54 Å². The van der Waals surface area contributed by atoms with E-state index in [0.29, 0.717) is 6.42 Å². The number of nitrogens with zero attached hydrogens (tertiary/aromatic N) is 1. The molecule has 0 aromatic carbocycles. The lowest BCUT2D eigenvalue weighted by atomic mass is 9.82. The van der Waals surface area contributed by atoms with Crippen LogP contribution in [0.5, 0.6) is 0 Å². The normalized spacial score (nSPS) is 11.8. The molecule has 0 unspecified atom stereocenters. The van der Waals surface area contributed by atoms with Crippen LogP contribution in [-0.2, 0) is 9.59 Å². The summed E-state index contributed by atoms with van der Waals surface area (Å²) in [5, 5.41) is 11.5. The summed E-state index contributed by atoms with van der Waals surface area (Å²) in [6.07, 6.45) is 0.698. The van der Waals surface area contributed by atoms with Crippen LogP contribution >= 0.6 is 0 Å². The lowest BCUT2D eigenvalue weighted by Gasteiger charge is -2.35. The molecule has 0 fully saturated rings. The van der Waals surface area contributed by atoms with Crippen LogP contribution in [0.2, 0.25) is 0 Å². The highest BCUT2D eigenvalue weighted by Crippen LogP contribution is 2.26. The van der Waals surface area contributed by atoms with Crippen LogP contribution in [0, 0.1) is 5.41 Å². The molecule has 0 radical (unpaired) electrons. The summed E-state index contributed by atoms with van der Waals surface area (Å²) < 4.78 is 0. The number of nitrogens with two attached hydrogens (primary N) is 1. The van der Waals surface area contributed by atoms with Crippen molar-refractivity contribution >= 4 is 17.9 Å². The van der Waals surface area contributed by atoms with E-state index in [9.17, 15) is 14.4 Å². The zero-order valence-corrected chi connectivity index (χ0v) is 12.8. The summed E-state index contributed by atoms with van der Waals surface area (Å²) >= 11 is 0. The van der Waals surface area contributed by atoms with Gasteiger partial charge in [0.2, 0.25) is 5.91 Å². The molecular weight excluding hydrogens is 262 g/mol. The summed E-state index contributed by atoms with van der Waals surface area (Å²) in [7, 11) is 0. The largest absolute Gasteiger partial charge is 0.480 e. The van der Waals surface area contributed by atoms with Crippen molar-refractivity contribution in [2.45, 2.75) is 46.6 Å². The van der Waals surface area contributed by atoms with E-state index in [2.05, 4.69) is 5.32 Å².